The van der Waals surface area contributed by atoms with E-state index in [1.165, 1.54) is 0 Å². The van der Waals surface area contributed by atoms with E-state index in [-0.39, 0.29) is 29.9 Å². The van der Waals surface area contributed by atoms with Gasteiger partial charge in [-0.2, -0.15) is 0 Å². The van der Waals surface area contributed by atoms with Crippen molar-refractivity contribution >= 4 is 5.91 Å². The van der Waals surface area contributed by atoms with E-state index in [4.69, 9.17) is 0 Å². The van der Waals surface area contributed by atoms with Gasteiger partial charge in [0, 0.05) is 5.92 Å². The molecule has 3 heteroatoms. The zero-order valence-corrected chi connectivity index (χ0v) is 10.0. The number of aliphatic hydroxyl groups is 1. The number of carbonyl (C=O) groups is 1. The lowest BCUT2D eigenvalue weighted by Crippen LogP contribution is -2.47. The van der Waals surface area contributed by atoms with E-state index in [2.05, 4.69) is 5.32 Å². The first-order valence-corrected chi connectivity index (χ1v) is 5.86. The Morgan fingerprint density at radius 1 is 1.40 bits per heavy atom. The highest BCUT2D eigenvalue weighted by Gasteiger charge is 2.29. The summed E-state index contributed by atoms with van der Waals surface area (Å²) in [5.74, 6) is 0.308. The summed E-state index contributed by atoms with van der Waals surface area (Å²) in [5.41, 5.74) is -0.0803. The molecule has 0 radical (unpaired) electrons. The van der Waals surface area contributed by atoms with Crippen LogP contribution in [-0.4, -0.2) is 23.7 Å². The molecule has 0 aromatic heterocycles. The number of rotatable bonds is 3. The maximum absolute atomic E-state index is 11.8. The lowest BCUT2D eigenvalue weighted by atomic mass is 9.87. The quantitative estimate of drug-likeness (QED) is 0.749. The topological polar surface area (TPSA) is 49.3 Å². The van der Waals surface area contributed by atoms with Gasteiger partial charge in [-0.05, 0) is 18.3 Å². The molecule has 1 unspecified atom stereocenters. The van der Waals surface area contributed by atoms with Gasteiger partial charge in [0.05, 0.1) is 12.6 Å². The normalized spacial score (nSPS) is 20.3. The van der Waals surface area contributed by atoms with Crippen LogP contribution in [0.25, 0.3) is 0 Å². The Morgan fingerprint density at radius 2 is 1.93 bits per heavy atom. The standard InChI is InChI=1S/C12H23NO2/c1-12(2,3)10(8-14)13-11(15)9-6-4-5-7-9/h9-10,14H,4-8H2,1-3H3,(H,13,15). The molecule has 1 atom stereocenters. The molecule has 0 spiro atoms. The van der Waals surface area contributed by atoms with Crippen LogP contribution in [0.3, 0.4) is 0 Å². The summed E-state index contributed by atoms with van der Waals surface area (Å²) in [5, 5.41) is 12.2. The van der Waals surface area contributed by atoms with E-state index >= 15 is 0 Å². The molecule has 0 saturated heterocycles. The van der Waals surface area contributed by atoms with Gasteiger partial charge < -0.3 is 10.4 Å². The van der Waals surface area contributed by atoms with Crippen molar-refractivity contribution in [2.45, 2.75) is 52.5 Å². The molecule has 0 aromatic rings. The van der Waals surface area contributed by atoms with Gasteiger partial charge in [0.2, 0.25) is 5.91 Å². The van der Waals surface area contributed by atoms with Crippen LogP contribution in [-0.2, 0) is 4.79 Å². The van der Waals surface area contributed by atoms with Crippen molar-refractivity contribution in [3.63, 3.8) is 0 Å². The number of aliphatic hydroxyl groups excluding tert-OH is 1. The highest BCUT2D eigenvalue weighted by atomic mass is 16.3. The molecule has 1 rings (SSSR count). The van der Waals surface area contributed by atoms with Gasteiger partial charge in [-0.3, -0.25) is 4.79 Å². The Labute approximate surface area is 92.3 Å². The summed E-state index contributed by atoms with van der Waals surface area (Å²) in [6.07, 6.45) is 4.34. The summed E-state index contributed by atoms with van der Waals surface area (Å²) < 4.78 is 0. The molecule has 1 amide bonds. The summed E-state index contributed by atoms with van der Waals surface area (Å²) in [6, 6.07) is -0.134. The minimum Gasteiger partial charge on any atom is -0.394 e. The predicted octanol–water partition coefficient (Wildman–Crippen LogP) is 1.70. The Bertz CT molecular complexity index is 214. The average molecular weight is 213 g/mol. The number of hydrogen-bond acceptors (Lipinski definition) is 2. The summed E-state index contributed by atoms with van der Waals surface area (Å²) in [4.78, 5) is 11.8. The van der Waals surface area contributed by atoms with Crippen LogP contribution in [0, 0.1) is 11.3 Å². The van der Waals surface area contributed by atoms with Gasteiger partial charge in [-0.1, -0.05) is 33.6 Å². The molecule has 88 valence electrons. The largest absolute Gasteiger partial charge is 0.394 e. The van der Waals surface area contributed by atoms with Crippen molar-refractivity contribution in [3.8, 4) is 0 Å². The minimum atomic E-state index is -0.134. The minimum absolute atomic E-state index is 0.0158. The van der Waals surface area contributed by atoms with Gasteiger partial charge >= 0.3 is 0 Å². The molecule has 15 heavy (non-hydrogen) atoms. The van der Waals surface area contributed by atoms with E-state index in [1.807, 2.05) is 20.8 Å². The highest BCUT2D eigenvalue weighted by molar-refractivity contribution is 5.79. The number of carbonyl (C=O) groups excluding carboxylic acids is 1. The molecule has 0 bridgehead atoms. The Hall–Kier alpha value is -0.570. The fraction of sp³-hybridized carbons (Fsp3) is 0.917. The summed E-state index contributed by atoms with van der Waals surface area (Å²) >= 11 is 0. The second kappa shape index (κ2) is 4.97. The van der Waals surface area contributed by atoms with E-state index in [9.17, 15) is 9.90 Å². The van der Waals surface area contributed by atoms with Gasteiger partial charge in [-0.15, -0.1) is 0 Å². The van der Waals surface area contributed by atoms with Crippen molar-refractivity contribution in [3.05, 3.63) is 0 Å². The van der Waals surface area contributed by atoms with Gasteiger partial charge in [0.15, 0.2) is 0 Å². The first kappa shape index (κ1) is 12.5. The van der Waals surface area contributed by atoms with Crippen molar-refractivity contribution in [2.24, 2.45) is 11.3 Å². The molecular formula is C12H23NO2. The fourth-order valence-corrected chi connectivity index (χ4v) is 2.01. The molecular weight excluding hydrogens is 190 g/mol. The van der Waals surface area contributed by atoms with Crippen LogP contribution in [0.1, 0.15) is 46.5 Å². The first-order valence-electron chi connectivity index (χ1n) is 5.86. The molecule has 0 heterocycles. The van der Waals surface area contributed by atoms with E-state index in [0.717, 1.165) is 25.7 Å². The fourth-order valence-electron chi connectivity index (χ4n) is 2.01. The molecule has 2 N–H and O–H groups in total. The molecule has 1 aliphatic rings. The van der Waals surface area contributed by atoms with E-state index in [0.29, 0.717) is 0 Å². The van der Waals surface area contributed by atoms with Gasteiger partial charge in [0.1, 0.15) is 0 Å². The SMILES string of the molecule is CC(C)(C)C(CO)NC(=O)C1CCCC1. The number of nitrogens with one attached hydrogen (secondary N) is 1. The maximum atomic E-state index is 11.8. The van der Waals surface area contributed by atoms with Gasteiger partial charge in [0.25, 0.3) is 0 Å². The lowest BCUT2D eigenvalue weighted by molar-refractivity contribution is -0.126. The van der Waals surface area contributed by atoms with Crippen LogP contribution in [0.5, 0.6) is 0 Å². The Kier molecular flexibility index (Phi) is 4.14. The third-order valence-electron chi connectivity index (χ3n) is 3.27. The van der Waals surface area contributed by atoms with Crippen LogP contribution >= 0.6 is 0 Å². The number of hydrogen-bond donors (Lipinski definition) is 2. The summed E-state index contributed by atoms with van der Waals surface area (Å²) in [7, 11) is 0. The average Bonchev–Trinajstić information content (AvgIpc) is 2.64. The van der Waals surface area contributed by atoms with Crippen molar-refractivity contribution in [1.29, 1.82) is 0 Å². The monoisotopic (exact) mass is 213 g/mol. The lowest BCUT2D eigenvalue weighted by Gasteiger charge is -2.30. The van der Waals surface area contributed by atoms with Crippen LogP contribution < -0.4 is 5.32 Å². The highest BCUT2D eigenvalue weighted by Crippen LogP contribution is 2.26. The Morgan fingerprint density at radius 3 is 2.33 bits per heavy atom. The molecule has 3 nitrogen and oxygen atoms in total. The molecule has 0 aromatic carbocycles. The van der Waals surface area contributed by atoms with Gasteiger partial charge in [-0.25, -0.2) is 0 Å². The zero-order valence-electron chi connectivity index (χ0n) is 10.0. The molecule has 0 aliphatic heterocycles. The third-order valence-corrected chi connectivity index (χ3v) is 3.27. The molecule has 1 aliphatic carbocycles. The Balaban J connectivity index is 2.47. The van der Waals surface area contributed by atoms with E-state index in [1.54, 1.807) is 0 Å². The van der Waals surface area contributed by atoms with Crippen LogP contribution in [0.4, 0.5) is 0 Å². The van der Waals surface area contributed by atoms with E-state index < -0.39 is 0 Å². The second-order valence-corrected chi connectivity index (χ2v) is 5.59. The predicted molar refractivity (Wildman–Crippen MR) is 60.4 cm³/mol. The second-order valence-electron chi connectivity index (χ2n) is 5.59. The van der Waals surface area contributed by atoms with Crippen LogP contribution in [0.2, 0.25) is 0 Å². The van der Waals surface area contributed by atoms with Crippen molar-refractivity contribution in [2.75, 3.05) is 6.61 Å². The summed E-state index contributed by atoms with van der Waals surface area (Å²) in [6.45, 7) is 6.11. The molecule has 1 saturated carbocycles. The van der Waals surface area contributed by atoms with Crippen LogP contribution in [0.15, 0.2) is 0 Å². The maximum Gasteiger partial charge on any atom is 0.223 e. The third kappa shape index (κ3) is 3.49. The smallest absolute Gasteiger partial charge is 0.223 e. The van der Waals surface area contributed by atoms with Crippen molar-refractivity contribution < 1.29 is 9.90 Å². The number of amides is 1. The van der Waals surface area contributed by atoms with Crippen molar-refractivity contribution in [1.82, 2.24) is 5.32 Å². The zero-order chi connectivity index (χ0) is 11.5. The first-order chi connectivity index (χ1) is 6.95. The molecule has 1 fully saturated rings.